The molecule has 94 valence electrons. The third-order valence-corrected chi connectivity index (χ3v) is 2.54. The zero-order valence-electron chi connectivity index (χ0n) is 10.1. The summed E-state index contributed by atoms with van der Waals surface area (Å²) in [4.78, 5) is 11.2. The first-order valence-electron chi connectivity index (χ1n) is 5.57. The summed E-state index contributed by atoms with van der Waals surface area (Å²) < 4.78 is 10.4. The highest BCUT2D eigenvalue weighted by Gasteiger charge is 2.04. The highest BCUT2D eigenvalue weighted by atomic mass is 31.1. The zero-order valence-corrected chi connectivity index (χ0v) is 11.1. The van der Waals surface area contributed by atoms with Crippen molar-refractivity contribution in [2.45, 2.75) is 26.4 Å². The van der Waals surface area contributed by atoms with Gasteiger partial charge in [0.25, 0.3) is 0 Å². The van der Waals surface area contributed by atoms with E-state index in [0.29, 0.717) is 13.0 Å². The van der Waals surface area contributed by atoms with Gasteiger partial charge in [0.1, 0.15) is 14.7 Å². The van der Waals surface area contributed by atoms with E-state index in [1.807, 2.05) is 44.2 Å². The maximum atomic E-state index is 11.2. The summed E-state index contributed by atoms with van der Waals surface area (Å²) in [7, 11) is 0.147. The summed E-state index contributed by atoms with van der Waals surface area (Å²) in [5, 5.41) is 3.04. The number of hydrogen-bond acceptors (Lipinski definition) is 4. The van der Waals surface area contributed by atoms with E-state index in [9.17, 15) is 4.79 Å². The average Bonchev–Trinajstić information content (AvgIpc) is 2.29. The monoisotopic (exact) mass is 255 g/mol. The maximum Gasteiger partial charge on any atom is 0.307 e. The van der Waals surface area contributed by atoms with Crippen molar-refractivity contribution in [1.82, 2.24) is 5.09 Å². The van der Waals surface area contributed by atoms with Crippen molar-refractivity contribution in [1.29, 1.82) is 0 Å². The third-order valence-electron chi connectivity index (χ3n) is 1.81. The van der Waals surface area contributed by atoms with Crippen molar-refractivity contribution in [3.63, 3.8) is 0 Å². The van der Waals surface area contributed by atoms with Gasteiger partial charge < -0.3 is 9.26 Å². The summed E-state index contributed by atoms with van der Waals surface area (Å²) in [6.45, 7) is 4.24. The molecule has 0 saturated heterocycles. The molecule has 0 aliphatic rings. The molecular weight excluding hydrogens is 237 g/mol. The number of carbonyl (C=O) groups is 1. The van der Waals surface area contributed by atoms with Crippen molar-refractivity contribution >= 4 is 14.9 Å². The lowest BCUT2D eigenvalue weighted by Crippen LogP contribution is -2.16. The van der Waals surface area contributed by atoms with Gasteiger partial charge in [0.15, 0.2) is 0 Å². The van der Waals surface area contributed by atoms with Crippen LogP contribution >= 0.6 is 8.96 Å². The van der Waals surface area contributed by atoms with E-state index in [-0.39, 0.29) is 21.0 Å². The average molecular weight is 255 g/mol. The van der Waals surface area contributed by atoms with Gasteiger partial charge in [-0.3, -0.25) is 9.88 Å². The van der Waals surface area contributed by atoms with Crippen LogP contribution in [-0.2, 0) is 9.53 Å². The number of benzene rings is 1. The molecular formula is C12H18NO3P. The fourth-order valence-corrected chi connectivity index (χ4v) is 1.67. The van der Waals surface area contributed by atoms with Crippen LogP contribution in [0.2, 0.25) is 0 Å². The molecule has 0 amide bonds. The van der Waals surface area contributed by atoms with Crippen LogP contribution in [0.25, 0.3) is 0 Å². The number of rotatable bonds is 7. The Bertz CT molecular complexity index is 330. The number of ether oxygens (including phenoxy) is 1. The van der Waals surface area contributed by atoms with E-state index in [0.717, 1.165) is 5.75 Å². The highest BCUT2D eigenvalue weighted by molar-refractivity contribution is 7.30. The number of carbonyl (C=O) groups excluding carboxylic acids is 1. The van der Waals surface area contributed by atoms with E-state index in [1.165, 1.54) is 0 Å². The lowest BCUT2D eigenvalue weighted by Gasteiger charge is -2.08. The Morgan fingerprint density at radius 3 is 2.71 bits per heavy atom. The molecule has 0 saturated carbocycles. The van der Waals surface area contributed by atoms with Gasteiger partial charge in [0, 0.05) is 6.54 Å². The second-order valence-corrected chi connectivity index (χ2v) is 4.49. The Hall–Kier alpha value is -1.12. The molecule has 0 aromatic heterocycles. The van der Waals surface area contributed by atoms with Gasteiger partial charge in [0.2, 0.25) is 0 Å². The molecule has 0 radical (unpaired) electrons. The van der Waals surface area contributed by atoms with Crippen molar-refractivity contribution in [3.05, 3.63) is 30.3 Å². The second-order valence-electron chi connectivity index (χ2n) is 3.73. The predicted molar refractivity (Wildman–Crippen MR) is 69.2 cm³/mol. The lowest BCUT2D eigenvalue weighted by atomic mass is 10.3. The zero-order chi connectivity index (χ0) is 12.5. The van der Waals surface area contributed by atoms with Crippen LogP contribution in [0, 0.1) is 0 Å². The molecule has 1 N–H and O–H groups in total. The molecule has 4 nitrogen and oxygen atoms in total. The topological polar surface area (TPSA) is 47.6 Å². The van der Waals surface area contributed by atoms with Crippen LogP contribution in [0.5, 0.6) is 5.75 Å². The molecule has 0 bridgehead atoms. The van der Waals surface area contributed by atoms with Crippen molar-refractivity contribution in [2.24, 2.45) is 0 Å². The minimum Gasteiger partial charge on any atom is -0.463 e. The second kappa shape index (κ2) is 8.04. The first-order valence-corrected chi connectivity index (χ1v) is 6.48. The Kier molecular flexibility index (Phi) is 6.60. The van der Waals surface area contributed by atoms with Crippen LogP contribution < -0.4 is 9.61 Å². The predicted octanol–water partition coefficient (Wildman–Crippen LogP) is 2.51. The van der Waals surface area contributed by atoms with E-state index in [4.69, 9.17) is 9.26 Å². The molecule has 0 aliphatic carbocycles. The molecule has 5 heteroatoms. The van der Waals surface area contributed by atoms with Crippen LogP contribution in [0.3, 0.4) is 0 Å². The van der Waals surface area contributed by atoms with Crippen LogP contribution in [-0.4, -0.2) is 18.6 Å². The molecule has 17 heavy (non-hydrogen) atoms. The number of esters is 1. The molecule has 0 heterocycles. The Balaban J connectivity index is 2.03. The molecule has 1 rings (SSSR count). The fraction of sp³-hybridized carbons (Fsp3) is 0.417. The Labute approximate surface area is 104 Å². The SMILES string of the molecule is CC(C)OC(=O)CCNPOc1ccccc1. The minimum absolute atomic E-state index is 0.0504. The molecule has 0 spiro atoms. The van der Waals surface area contributed by atoms with Gasteiger partial charge in [0.05, 0.1) is 12.5 Å². The molecule has 0 fully saturated rings. The fourth-order valence-electron chi connectivity index (χ4n) is 1.12. The molecule has 1 aromatic rings. The molecule has 1 aromatic carbocycles. The summed E-state index contributed by atoms with van der Waals surface area (Å²) >= 11 is 0. The lowest BCUT2D eigenvalue weighted by molar-refractivity contribution is -0.147. The van der Waals surface area contributed by atoms with Crippen molar-refractivity contribution in [3.8, 4) is 5.75 Å². The molecule has 1 unspecified atom stereocenters. The van der Waals surface area contributed by atoms with Gasteiger partial charge in [-0.15, -0.1) is 0 Å². The van der Waals surface area contributed by atoms with E-state index >= 15 is 0 Å². The largest absolute Gasteiger partial charge is 0.463 e. The van der Waals surface area contributed by atoms with Gasteiger partial charge >= 0.3 is 5.97 Å². The van der Waals surface area contributed by atoms with Crippen molar-refractivity contribution < 1.29 is 14.1 Å². The van der Waals surface area contributed by atoms with E-state index in [1.54, 1.807) is 0 Å². The summed E-state index contributed by atoms with van der Waals surface area (Å²) in [5.74, 6) is 0.639. The molecule has 1 atom stereocenters. The van der Waals surface area contributed by atoms with Gasteiger partial charge in [-0.05, 0) is 26.0 Å². The van der Waals surface area contributed by atoms with Gasteiger partial charge in [-0.2, -0.15) is 0 Å². The van der Waals surface area contributed by atoms with Gasteiger partial charge in [-0.25, -0.2) is 0 Å². The first-order chi connectivity index (χ1) is 8.18. The van der Waals surface area contributed by atoms with E-state index < -0.39 is 0 Å². The molecule has 0 aliphatic heterocycles. The standard InChI is InChI=1S/C12H18NO3P/c1-10(2)15-12(14)8-9-13-17-16-11-6-4-3-5-7-11/h3-7,10,13,17H,8-9H2,1-2H3. The number of hydrogen-bond donors (Lipinski definition) is 1. The van der Waals surface area contributed by atoms with Gasteiger partial charge in [-0.1, -0.05) is 18.2 Å². The van der Waals surface area contributed by atoms with Crippen LogP contribution in [0.15, 0.2) is 30.3 Å². The van der Waals surface area contributed by atoms with E-state index in [2.05, 4.69) is 5.09 Å². The quantitative estimate of drug-likeness (QED) is 0.462. The summed E-state index contributed by atoms with van der Waals surface area (Å²) in [6.07, 6.45) is 0.314. The normalized spacial score (nSPS) is 11.0. The third kappa shape index (κ3) is 6.93. The van der Waals surface area contributed by atoms with Crippen LogP contribution in [0.4, 0.5) is 0 Å². The summed E-state index contributed by atoms with van der Waals surface area (Å²) in [5.41, 5.74) is 0. The van der Waals surface area contributed by atoms with Crippen molar-refractivity contribution in [2.75, 3.05) is 6.54 Å². The summed E-state index contributed by atoms with van der Waals surface area (Å²) in [6, 6.07) is 9.55. The number of para-hydroxylation sites is 1. The maximum absolute atomic E-state index is 11.2. The Morgan fingerprint density at radius 2 is 2.06 bits per heavy atom. The first kappa shape index (κ1) is 13.9. The Morgan fingerprint density at radius 1 is 1.35 bits per heavy atom. The minimum atomic E-state index is -0.183. The highest BCUT2D eigenvalue weighted by Crippen LogP contribution is 2.16. The number of nitrogens with one attached hydrogen (secondary N) is 1. The van der Waals surface area contributed by atoms with Crippen LogP contribution in [0.1, 0.15) is 20.3 Å². The smallest absolute Gasteiger partial charge is 0.307 e.